The number of anilines is 1. The fourth-order valence-corrected chi connectivity index (χ4v) is 7.22. The lowest BCUT2D eigenvalue weighted by atomic mass is 9.74. The lowest BCUT2D eigenvalue weighted by molar-refractivity contribution is -0.142. The number of likely N-dealkylation sites (tertiary alicyclic amines) is 1. The Labute approximate surface area is 246 Å². The van der Waals surface area contributed by atoms with Crippen molar-refractivity contribution in [2.75, 3.05) is 19.0 Å². The number of ether oxygens (including phenoxy) is 3. The Hall–Kier alpha value is -3.85. The number of hydrogen-bond donors (Lipinski definition) is 2. The highest BCUT2D eigenvalue weighted by Gasteiger charge is 2.72. The second kappa shape index (κ2) is 11.4. The van der Waals surface area contributed by atoms with E-state index in [1.165, 1.54) is 0 Å². The first-order valence-corrected chi connectivity index (χ1v) is 15.0. The van der Waals surface area contributed by atoms with E-state index in [0.717, 1.165) is 31.2 Å². The molecule has 2 aromatic carbocycles. The van der Waals surface area contributed by atoms with Gasteiger partial charge >= 0.3 is 0 Å². The third kappa shape index (κ3) is 4.93. The summed E-state index contributed by atoms with van der Waals surface area (Å²) in [6.07, 6.45) is 7.28. The minimum Gasteiger partial charge on any atom is -0.497 e. The maximum atomic E-state index is 14.3. The standard InChI is InChI=1S/C33H39N3O6/c1-4-41-23-14-12-22(13-15-23)34-30(37)27-26-16-17-33(42-26)28(27)32(39)36(19-21-9-7-10-24(18-21)40-3)29(33)31(38)35-25-11-6-5-8-20(25)2/h7,9-10,12-18,20,25-29H,4-6,8,11,19H2,1-3H3,(H,34,37)(H,35,38). The second-order valence-electron chi connectivity index (χ2n) is 11.8. The Bertz CT molecular complexity index is 1380. The molecule has 3 heterocycles. The lowest BCUT2D eigenvalue weighted by Crippen LogP contribution is -2.57. The molecule has 9 heteroatoms. The summed E-state index contributed by atoms with van der Waals surface area (Å²) >= 11 is 0. The number of benzene rings is 2. The summed E-state index contributed by atoms with van der Waals surface area (Å²) in [5, 5.41) is 6.24. The lowest BCUT2D eigenvalue weighted by Gasteiger charge is -2.36. The maximum absolute atomic E-state index is 14.3. The van der Waals surface area contributed by atoms with Crippen LogP contribution in [0.25, 0.3) is 0 Å². The molecule has 42 heavy (non-hydrogen) atoms. The SMILES string of the molecule is CCOc1ccc(NC(=O)C2C3C=CC4(O3)C2C(=O)N(Cc2cccc(OC)c2)C4C(=O)NC2CCCCC2C)cc1. The Morgan fingerprint density at radius 3 is 2.60 bits per heavy atom. The van der Waals surface area contributed by atoms with E-state index in [1.807, 2.05) is 43.3 Å². The molecule has 2 aromatic rings. The first-order chi connectivity index (χ1) is 20.3. The monoisotopic (exact) mass is 573 g/mol. The number of rotatable bonds is 9. The van der Waals surface area contributed by atoms with E-state index in [1.54, 1.807) is 36.3 Å². The Morgan fingerprint density at radius 2 is 1.86 bits per heavy atom. The van der Waals surface area contributed by atoms with Crippen molar-refractivity contribution in [3.05, 3.63) is 66.2 Å². The van der Waals surface area contributed by atoms with Crippen LogP contribution in [0.1, 0.15) is 45.1 Å². The smallest absolute Gasteiger partial charge is 0.246 e. The third-order valence-electron chi connectivity index (χ3n) is 9.28. The van der Waals surface area contributed by atoms with Crippen molar-refractivity contribution in [1.29, 1.82) is 0 Å². The second-order valence-corrected chi connectivity index (χ2v) is 11.8. The molecule has 1 spiro atoms. The number of nitrogens with one attached hydrogen (secondary N) is 2. The molecule has 4 aliphatic rings. The summed E-state index contributed by atoms with van der Waals surface area (Å²) in [5.41, 5.74) is 0.212. The number of amides is 3. The number of nitrogens with zero attached hydrogens (tertiary/aromatic N) is 1. The van der Waals surface area contributed by atoms with Crippen LogP contribution in [-0.2, 0) is 25.7 Å². The molecule has 7 unspecified atom stereocenters. The van der Waals surface area contributed by atoms with E-state index in [4.69, 9.17) is 14.2 Å². The molecule has 0 aromatic heterocycles. The number of carbonyl (C=O) groups is 3. The molecule has 7 atom stereocenters. The quantitative estimate of drug-likeness (QED) is 0.438. The van der Waals surface area contributed by atoms with Crippen LogP contribution in [0.3, 0.4) is 0 Å². The van der Waals surface area contributed by atoms with Gasteiger partial charge in [0.25, 0.3) is 0 Å². The van der Waals surface area contributed by atoms with Gasteiger partial charge in [0.1, 0.15) is 23.1 Å². The van der Waals surface area contributed by atoms with Crippen LogP contribution in [-0.4, -0.2) is 60.1 Å². The number of fused-ring (bicyclic) bond motifs is 1. The molecule has 3 aliphatic heterocycles. The van der Waals surface area contributed by atoms with Crippen molar-refractivity contribution in [3.8, 4) is 11.5 Å². The molecule has 2 N–H and O–H groups in total. The van der Waals surface area contributed by atoms with Gasteiger partial charge in [-0.1, -0.05) is 44.1 Å². The Morgan fingerprint density at radius 1 is 1.07 bits per heavy atom. The molecule has 9 nitrogen and oxygen atoms in total. The largest absolute Gasteiger partial charge is 0.497 e. The Balaban J connectivity index is 1.30. The molecule has 2 bridgehead atoms. The summed E-state index contributed by atoms with van der Waals surface area (Å²) in [5.74, 6) is -0.659. The molecule has 0 radical (unpaired) electrons. The zero-order chi connectivity index (χ0) is 29.4. The van der Waals surface area contributed by atoms with Gasteiger partial charge in [0, 0.05) is 18.3 Å². The average Bonchev–Trinajstić information content (AvgIpc) is 3.63. The highest BCUT2D eigenvalue weighted by atomic mass is 16.5. The molecule has 1 saturated carbocycles. The minimum atomic E-state index is -1.22. The van der Waals surface area contributed by atoms with Gasteiger partial charge < -0.3 is 29.7 Å². The fourth-order valence-electron chi connectivity index (χ4n) is 7.22. The van der Waals surface area contributed by atoms with Crippen LogP contribution in [0.5, 0.6) is 11.5 Å². The van der Waals surface area contributed by atoms with Gasteiger partial charge in [-0.3, -0.25) is 14.4 Å². The van der Waals surface area contributed by atoms with E-state index >= 15 is 0 Å². The van der Waals surface area contributed by atoms with Crippen molar-refractivity contribution < 1.29 is 28.6 Å². The fraction of sp³-hybridized carbons (Fsp3) is 0.485. The van der Waals surface area contributed by atoms with Gasteiger partial charge in [-0.25, -0.2) is 0 Å². The zero-order valence-electron chi connectivity index (χ0n) is 24.4. The summed E-state index contributed by atoms with van der Waals surface area (Å²) in [4.78, 5) is 43.8. The van der Waals surface area contributed by atoms with E-state index in [0.29, 0.717) is 29.7 Å². The minimum absolute atomic E-state index is 0.0387. The highest BCUT2D eigenvalue weighted by Crippen LogP contribution is 2.55. The van der Waals surface area contributed by atoms with Gasteiger partial charge in [0.05, 0.1) is 31.7 Å². The molecule has 3 fully saturated rings. The molecule has 3 amide bonds. The topological polar surface area (TPSA) is 106 Å². The first-order valence-electron chi connectivity index (χ1n) is 15.0. The van der Waals surface area contributed by atoms with Crippen molar-refractivity contribution in [3.63, 3.8) is 0 Å². The van der Waals surface area contributed by atoms with Crippen LogP contribution in [0.4, 0.5) is 5.69 Å². The molecule has 2 saturated heterocycles. The van der Waals surface area contributed by atoms with Crippen LogP contribution < -0.4 is 20.1 Å². The van der Waals surface area contributed by atoms with Crippen molar-refractivity contribution >= 4 is 23.4 Å². The van der Waals surface area contributed by atoms with E-state index < -0.39 is 29.6 Å². The number of methoxy groups -OCH3 is 1. The molecule has 6 rings (SSSR count). The number of carbonyl (C=O) groups excluding carboxylic acids is 3. The average molecular weight is 574 g/mol. The molecular weight excluding hydrogens is 534 g/mol. The predicted octanol–water partition coefficient (Wildman–Crippen LogP) is 4.08. The van der Waals surface area contributed by atoms with Gasteiger partial charge in [0.15, 0.2) is 0 Å². The van der Waals surface area contributed by atoms with E-state index in [-0.39, 0.29) is 30.3 Å². The van der Waals surface area contributed by atoms with E-state index in [9.17, 15) is 14.4 Å². The third-order valence-corrected chi connectivity index (χ3v) is 9.28. The number of hydrogen-bond acceptors (Lipinski definition) is 6. The van der Waals surface area contributed by atoms with Crippen LogP contribution in [0.2, 0.25) is 0 Å². The van der Waals surface area contributed by atoms with Crippen molar-refractivity contribution in [1.82, 2.24) is 10.2 Å². The van der Waals surface area contributed by atoms with Crippen LogP contribution in [0, 0.1) is 17.8 Å². The first kappa shape index (κ1) is 28.3. The maximum Gasteiger partial charge on any atom is 0.246 e. The van der Waals surface area contributed by atoms with Gasteiger partial charge in [0.2, 0.25) is 17.7 Å². The van der Waals surface area contributed by atoms with E-state index in [2.05, 4.69) is 17.6 Å². The summed E-state index contributed by atoms with van der Waals surface area (Å²) < 4.78 is 17.4. The predicted molar refractivity (Wildman–Crippen MR) is 157 cm³/mol. The normalized spacial score (nSPS) is 31.1. The Kier molecular flexibility index (Phi) is 7.70. The molecular formula is C33H39N3O6. The summed E-state index contributed by atoms with van der Waals surface area (Å²) in [6, 6.07) is 13.7. The highest BCUT2D eigenvalue weighted by molar-refractivity contribution is 6.02. The summed E-state index contributed by atoms with van der Waals surface area (Å²) in [7, 11) is 1.59. The van der Waals surface area contributed by atoms with Crippen LogP contribution >= 0.6 is 0 Å². The van der Waals surface area contributed by atoms with Gasteiger partial charge in [-0.2, -0.15) is 0 Å². The van der Waals surface area contributed by atoms with Gasteiger partial charge in [-0.15, -0.1) is 0 Å². The van der Waals surface area contributed by atoms with Crippen LogP contribution in [0.15, 0.2) is 60.7 Å². The zero-order valence-corrected chi connectivity index (χ0v) is 24.4. The van der Waals surface area contributed by atoms with Gasteiger partial charge in [-0.05, 0) is 67.6 Å². The van der Waals surface area contributed by atoms with Crippen molar-refractivity contribution in [2.24, 2.45) is 17.8 Å². The molecule has 1 aliphatic carbocycles. The molecule has 222 valence electrons. The van der Waals surface area contributed by atoms with Crippen molar-refractivity contribution in [2.45, 2.75) is 69.9 Å². The summed E-state index contributed by atoms with van der Waals surface area (Å²) in [6.45, 7) is 4.82.